The van der Waals surface area contributed by atoms with Crippen molar-refractivity contribution in [2.24, 2.45) is 0 Å². The molecule has 0 aliphatic heterocycles. The molecule has 78 heavy (non-hydrogen) atoms. The van der Waals surface area contributed by atoms with Gasteiger partial charge in [-0.25, -0.2) is 0 Å². The number of likely N-dealkylation sites (N-methyl/N-ethyl adjacent to an activating group) is 1. The maximum atomic E-state index is 13.1. The largest absolute Gasteiger partial charge is 0.756 e. The number of aliphatic hydroxyl groups excluding tert-OH is 1. The number of aliphatic hydroxyl groups is 1. The zero-order chi connectivity index (χ0) is 57.0. The van der Waals surface area contributed by atoms with Gasteiger partial charge in [0.2, 0.25) is 5.91 Å². The Balaban J connectivity index is 4.00. The summed E-state index contributed by atoms with van der Waals surface area (Å²) in [6, 6.07) is -0.799. The van der Waals surface area contributed by atoms with E-state index in [9.17, 15) is 19.4 Å². The number of phosphoric ester groups is 1. The van der Waals surface area contributed by atoms with Crippen molar-refractivity contribution in [3.8, 4) is 0 Å². The molecule has 8 nitrogen and oxygen atoms in total. The molecule has 9 heteroatoms. The second kappa shape index (κ2) is 60.8. The minimum atomic E-state index is -4.58. The molecule has 0 heterocycles. The van der Waals surface area contributed by atoms with E-state index in [-0.39, 0.29) is 19.1 Å². The number of unbranched alkanes of at least 4 members (excludes halogenated alkanes) is 51. The van der Waals surface area contributed by atoms with E-state index in [1.807, 2.05) is 21.1 Å². The summed E-state index contributed by atoms with van der Waals surface area (Å²) in [5.41, 5.74) is 0. The first-order valence-corrected chi connectivity index (χ1v) is 36.5. The lowest BCUT2D eigenvalue weighted by Gasteiger charge is -2.30. The first kappa shape index (κ1) is 77.2. The molecule has 0 rings (SSSR count). The van der Waals surface area contributed by atoms with Crippen molar-refractivity contribution in [1.82, 2.24) is 5.32 Å². The zero-order valence-electron chi connectivity index (χ0n) is 53.4. The van der Waals surface area contributed by atoms with E-state index in [0.717, 1.165) is 38.5 Å². The molecule has 0 radical (unpaired) electrons. The van der Waals surface area contributed by atoms with Gasteiger partial charge in [-0.1, -0.05) is 341 Å². The maximum absolute atomic E-state index is 13.1. The molecule has 0 saturated carbocycles. The number of carbonyl (C=O) groups is 1. The van der Waals surface area contributed by atoms with Crippen LogP contribution in [0.3, 0.4) is 0 Å². The fourth-order valence-corrected chi connectivity index (χ4v) is 11.8. The van der Waals surface area contributed by atoms with Gasteiger partial charge < -0.3 is 28.8 Å². The van der Waals surface area contributed by atoms with Crippen LogP contribution in [0.2, 0.25) is 0 Å². The minimum Gasteiger partial charge on any atom is -0.756 e. The molecule has 2 N–H and O–H groups in total. The highest BCUT2D eigenvalue weighted by atomic mass is 31.2. The number of carbonyl (C=O) groups excluding carboxylic acids is 1. The predicted molar refractivity (Wildman–Crippen MR) is 339 cm³/mol. The summed E-state index contributed by atoms with van der Waals surface area (Å²) in [5.74, 6) is -0.155. The van der Waals surface area contributed by atoms with Gasteiger partial charge in [0.15, 0.2) is 0 Å². The van der Waals surface area contributed by atoms with Crippen LogP contribution < -0.4 is 10.2 Å². The summed E-state index contributed by atoms with van der Waals surface area (Å²) in [6.07, 6.45) is 77.2. The molecule has 1 amide bonds. The Morgan fingerprint density at radius 3 is 1.00 bits per heavy atom. The van der Waals surface area contributed by atoms with Crippen LogP contribution in [0.25, 0.3) is 0 Å². The maximum Gasteiger partial charge on any atom is 0.268 e. The summed E-state index contributed by atoms with van der Waals surface area (Å²) in [5, 5.41) is 14.1. The van der Waals surface area contributed by atoms with Crippen molar-refractivity contribution in [1.29, 1.82) is 0 Å². The van der Waals surface area contributed by atoms with Gasteiger partial charge in [-0.2, -0.15) is 0 Å². The zero-order valence-corrected chi connectivity index (χ0v) is 54.3. The topological polar surface area (TPSA) is 108 Å². The molecule has 0 aromatic heterocycles. The Kier molecular flexibility index (Phi) is 60.2. The van der Waals surface area contributed by atoms with Crippen LogP contribution in [0.15, 0.2) is 12.2 Å². The number of nitrogens with one attached hydrogen (secondary N) is 1. The fourth-order valence-electron chi connectivity index (χ4n) is 11.0. The lowest BCUT2D eigenvalue weighted by atomic mass is 10.0. The lowest BCUT2D eigenvalue weighted by Crippen LogP contribution is -2.46. The lowest BCUT2D eigenvalue weighted by molar-refractivity contribution is -0.870. The van der Waals surface area contributed by atoms with Gasteiger partial charge in [0.25, 0.3) is 7.82 Å². The molecule has 0 fully saturated rings. The van der Waals surface area contributed by atoms with Crippen LogP contribution >= 0.6 is 7.82 Å². The quantitative estimate of drug-likeness (QED) is 0.0272. The van der Waals surface area contributed by atoms with Crippen LogP contribution in [0.1, 0.15) is 373 Å². The van der Waals surface area contributed by atoms with Crippen LogP contribution in [0, 0.1) is 0 Å². The Hall–Kier alpha value is -0.760. The van der Waals surface area contributed by atoms with Gasteiger partial charge >= 0.3 is 0 Å². The van der Waals surface area contributed by atoms with Crippen molar-refractivity contribution in [2.75, 3.05) is 40.9 Å². The normalized spacial score (nSPS) is 13.7. The summed E-state index contributed by atoms with van der Waals surface area (Å²) < 4.78 is 23.5. The second-order valence-corrected chi connectivity index (χ2v) is 27.0. The van der Waals surface area contributed by atoms with Crippen LogP contribution in [-0.4, -0.2) is 68.5 Å². The van der Waals surface area contributed by atoms with Gasteiger partial charge in [0, 0.05) is 6.42 Å². The summed E-state index contributed by atoms with van der Waals surface area (Å²) in [6.45, 7) is 4.79. The predicted octanol–water partition coefficient (Wildman–Crippen LogP) is 21.5. The minimum absolute atomic E-state index is 0.0158. The number of phosphoric acid groups is 1. The molecule has 0 aliphatic rings. The third-order valence-corrected chi connectivity index (χ3v) is 17.5. The monoisotopic (exact) mass is 1120 g/mol. The highest BCUT2D eigenvalue weighted by Gasteiger charge is 2.24. The molecule has 3 atom stereocenters. The number of amides is 1. The first-order chi connectivity index (χ1) is 38.0. The van der Waals surface area contributed by atoms with Crippen LogP contribution in [-0.2, 0) is 18.4 Å². The van der Waals surface area contributed by atoms with Crippen LogP contribution in [0.5, 0.6) is 0 Å². The highest BCUT2D eigenvalue weighted by Crippen LogP contribution is 2.38. The number of nitrogens with zero attached hydrogens (tertiary/aromatic N) is 1. The Labute approximate surface area is 488 Å². The van der Waals surface area contributed by atoms with Gasteiger partial charge in [0.1, 0.15) is 13.2 Å². The van der Waals surface area contributed by atoms with E-state index in [1.165, 1.54) is 308 Å². The third-order valence-electron chi connectivity index (χ3n) is 16.5. The first-order valence-electron chi connectivity index (χ1n) is 35.0. The summed E-state index contributed by atoms with van der Waals surface area (Å²) >= 11 is 0. The smallest absolute Gasteiger partial charge is 0.268 e. The Bertz CT molecular complexity index is 1280. The number of hydrogen-bond acceptors (Lipinski definition) is 6. The molecule has 3 unspecified atom stereocenters. The standard InChI is InChI=1S/C69H139N2O6P/c1-6-8-10-12-14-16-18-20-22-24-26-28-30-32-34-35-37-39-41-43-45-47-49-51-53-55-57-59-61-63-69(73)70-67(66-77-78(74,75)76-65-64-71(3,4)5)68(72)62-60-58-56-54-52-50-48-46-44-42-40-38-36-33-31-29-27-25-23-21-19-17-15-13-11-9-7-2/h24,26,67-68,72H,6-23,25,27-66H2,1-5H3,(H-,70,73,74,75)/b26-24-. The molecule has 466 valence electrons. The Morgan fingerprint density at radius 2 is 0.705 bits per heavy atom. The van der Waals surface area contributed by atoms with E-state index in [4.69, 9.17) is 9.05 Å². The molecule has 0 aromatic carbocycles. The summed E-state index contributed by atoms with van der Waals surface area (Å²) in [7, 11) is 1.33. The van der Waals surface area contributed by atoms with Crippen molar-refractivity contribution in [3.63, 3.8) is 0 Å². The average Bonchev–Trinajstić information content (AvgIpc) is 3.41. The second-order valence-electron chi connectivity index (χ2n) is 25.6. The molecule has 0 aromatic rings. The van der Waals surface area contributed by atoms with E-state index in [1.54, 1.807) is 0 Å². The van der Waals surface area contributed by atoms with E-state index >= 15 is 0 Å². The molecule has 0 saturated heterocycles. The highest BCUT2D eigenvalue weighted by molar-refractivity contribution is 7.45. The van der Waals surface area contributed by atoms with Crippen molar-refractivity contribution in [2.45, 2.75) is 386 Å². The van der Waals surface area contributed by atoms with E-state index in [0.29, 0.717) is 23.9 Å². The number of quaternary nitrogens is 1. The fraction of sp³-hybridized carbons (Fsp3) is 0.957. The average molecular weight is 1120 g/mol. The number of hydrogen-bond donors (Lipinski definition) is 2. The van der Waals surface area contributed by atoms with Gasteiger partial charge in [0.05, 0.1) is 39.9 Å². The number of allylic oxidation sites excluding steroid dienone is 2. The molecule has 0 aliphatic carbocycles. The number of rotatable bonds is 66. The molecular weight excluding hydrogens is 984 g/mol. The van der Waals surface area contributed by atoms with E-state index in [2.05, 4.69) is 31.3 Å². The van der Waals surface area contributed by atoms with E-state index < -0.39 is 20.0 Å². The van der Waals surface area contributed by atoms with Crippen molar-refractivity contribution in [3.05, 3.63) is 12.2 Å². The van der Waals surface area contributed by atoms with Crippen molar-refractivity contribution >= 4 is 13.7 Å². The van der Waals surface area contributed by atoms with Crippen LogP contribution in [0.4, 0.5) is 0 Å². The van der Waals surface area contributed by atoms with Crippen molar-refractivity contribution < 1.29 is 32.9 Å². The van der Waals surface area contributed by atoms with Gasteiger partial charge in [-0.3, -0.25) is 9.36 Å². The molecule has 0 bridgehead atoms. The SMILES string of the molecule is CCCCCCCCCC/C=C\CCCCCCCCCCCCCCCCCCCC(=O)NC(COP(=O)([O-])OCC[N+](C)(C)C)C(O)CCCCCCCCCCCCCCCCCCCCCCCCCCCCC. The third kappa shape index (κ3) is 62.8. The van der Waals surface area contributed by atoms with Gasteiger partial charge in [-0.15, -0.1) is 0 Å². The molecule has 0 spiro atoms. The summed E-state index contributed by atoms with van der Waals surface area (Å²) in [4.78, 5) is 25.7. The molecular formula is C69H139N2O6P. The Morgan fingerprint density at radius 1 is 0.436 bits per heavy atom. The van der Waals surface area contributed by atoms with Gasteiger partial charge in [-0.05, 0) is 38.5 Å².